The molecule has 23 heavy (non-hydrogen) atoms. The van der Waals surface area contributed by atoms with Gasteiger partial charge in [-0.25, -0.2) is 0 Å². The molecule has 2 fully saturated rings. The number of hydrogen-bond acceptors (Lipinski definition) is 11. The van der Waals surface area contributed by atoms with Crippen LogP contribution in [0.2, 0.25) is 0 Å². The number of rotatable bonds is 4. The number of ether oxygens (including phenoxy) is 3. The average Bonchev–Trinajstić information content (AvgIpc) is 2.55. The largest absolute Gasteiger partial charge is 0.394 e. The summed E-state index contributed by atoms with van der Waals surface area (Å²) in [5.41, 5.74) is 5.62. The first-order chi connectivity index (χ1) is 10.8. The normalized spacial score (nSPS) is 51.7. The molecule has 0 aromatic rings. The average molecular weight is 341 g/mol. The maximum Gasteiger partial charge on any atom is 0.189 e. The van der Waals surface area contributed by atoms with Gasteiger partial charge in [-0.2, -0.15) is 0 Å². The molecule has 0 aromatic heterocycles. The molecule has 0 aromatic carbocycles. The molecule has 0 bridgehead atoms. The summed E-state index contributed by atoms with van der Waals surface area (Å²) in [6.07, 6.45) is -13.0. The fraction of sp³-hybridized carbons (Fsp3) is 1.00. The third-order valence-electron chi connectivity index (χ3n) is 4.05. The van der Waals surface area contributed by atoms with Crippen LogP contribution in [0, 0.1) is 0 Å². The molecule has 11 heteroatoms. The first kappa shape index (κ1) is 18.9. The molecule has 0 spiro atoms. The minimum atomic E-state index is -1.68. The molecule has 11 nitrogen and oxygen atoms in total. The van der Waals surface area contributed by atoms with Crippen molar-refractivity contribution in [1.82, 2.24) is 0 Å². The molecule has 2 heterocycles. The Hall–Kier alpha value is -0.440. The van der Waals surface area contributed by atoms with E-state index in [4.69, 9.17) is 30.2 Å². The third-order valence-corrected chi connectivity index (χ3v) is 4.05. The summed E-state index contributed by atoms with van der Waals surface area (Å²) in [4.78, 5) is 0. The maximum absolute atomic E-state index is 9.96. The zero-order valence-electron chi connectivity index (χ0n) is 12.1. The molecule has 0 amide bonds. The van der Waals surface area contributed by atoms with Crippen molar-refractivity contribution in [1.29, 1.82) is 0 Å². The second kappa shape index (κ2) is 7.63. The minimum absolute atomic E-state index is 0.587. The van der Waals surface area contributed by atoms with E-state index in [1.54, 1.807) is 0 Å². The monoisotopic (exact) mass is 341 g/mol. The number of aliphatic hydroxyl groups is 7. The molecule has 2 aliphatic heterocycles. The zero-order valence-corrected chi connectivity index (χ0v) is 12.1. The Labute approximate surface area is 131 Å². The van der Waals surface area contributed by atoms with Crippen LogP contribution in [0.3, 0.4) is 0 Å². The molecule has 2 saturated heterocycles. The van der Waals surface area contributed by atoms with Crippen molar-refractivity contribution in [2.45, 2.75) is 61.3 Å². The lowest BCUT2D eigenvalue weighted by Gasteiger charge is -2.44. The van der Waals surface area contributed by atoms with Crippen molar-refractivity contribution in [3.05, 3.63) is 0 Å². The van der Waals surface area contributed by atoms with Gasteiger partial charge in [-0.15, -0.1) is 0 Å². The van der Waals surface area contributed by atoms with Gasteiger partial charge in [-0.05, 0) is 0 Å². The standard InChI is InChI=1S/C12H23NO10/c13-5-6(16)3(1-14)21-11(8(5)18)23-12-10(20)9(19)7(17)4(2-15)22-12/h3-12,14-20H,1-2,13H2/t3-,4-,5+,6+,7-,8+,9+,10-,11-,12+/m0/s1. The summed E-state index contributed by atoms with van der Waals surface area (Å²) in [5, 5.41) is 67.1. The maximum atomic E-state index is 9.96. The van der Waals surface area contributed by atoms with Crippen LogP contribution < -0.4 is 5.73 Å². The summed E-state index contributed by atoms with van der Waals surface area (Å²) in [5.74, 6) is 0. The van der Waals surface area contributed by atoms with Crippen LogP contribution in [-0.2, 0) is 14.2 Å². The highest BCUT2D eigenvalue weighted by molar-refractivity contribution is 4.93. The highest BCUT2D eigenvalue weighted by Gasteiger charge is 2.49. The van der Waals surface area contributed by atoms with Gasteiger partial charge >= 0.3 is 0 Å². The van der Waals surface area contributed by atoms with E-state index in [2.05, 4.69) is 0 Å². The van der Waals surface area contributed by atoms with E-state index in [-0.39, 0.29) is 0 Å². The van der Waals surface area contributed by atoms with Crippen LogP contribution in [0.4, 0.5) is 0 Å². The van der Waals surface area contributed by atoms with Gasteiger partial charge in [0.25, 0.3) is 0 Å². The van der Waals surface area contributed by atoms with Gasteiger partial charge in [0.15, 0.2) is 12.6 Å². The van der Waals surface area contributed by atoms with Crippen molar-refractivity contribution < 1.29 is 50.0 Å². The SMILES string of the molecule is N[C@H]1[C@@H](O)[C@H](O[C@H]2O[C@@H](CO)[C@H](O)[C@@H](O)[C@@H]2O)O[C@@H](CO)[C@H]1O. The first-order valence-corrected chi connectivity index (χ1v) is 7.15. The lowest BCUT2D eigenvalue weighted by Crippen LogP contribution is -2.65. The topological polar surface area (TPSA) is 195 Å². The predicted molar refractivity (Wildman–Crippen MR) is 70.6 cm³/mol. The van der Waals surface area contributed by atoms with Gasteiger partial charge in [0.05, 0.1) is 19.3 Å². The Morgan fingerprint density at radius 1 is 0.696 bits per heavy atom. The Morgan fingerprint density at radius 2 is 1.17 bits per heavy atom. The van der Waals surface area contributed by atoms with E-state index in [1.165, 1.54) is 0 Å². The van der Waals surface area contributed by atoms with E-state index in [9.17, 15) is 25.5 Å². The second-order valence-corrected chi connectivity index (χ2v) is 5.62. The molecule has 0 radical (unpaired) electrons. The smallest absolute Gasteiger partial charge is 0.189 e. The Kier molecular flexibility index (Phi) is 6.27. The lowest BCUT2D eigenvalue weighted by atomic mass is 9.97. The summed E-state index contributed by atoms with van der Waals surface area (Å²) in [6, 6.07) is -1.18. The predicted octanol–water partition coefficient (Wildman–Crippen LogP) is -5.43. The van der Waals surface area contributed by atoms with Crippen molar-refractivity contribution in [3.63, 3.8) is 0 Å². The van der Waals surface area contributed by atoms with Gasteiger partial charge < -0.3 is 55.7 Å². The Balaban J connectivity index is 2.07. The fourth-order valence-electron chi connectivity index (χ4n) is 2.54. The van der Waals surface area contributed by atoms with Crippen LogP contribution in [0.1, 0.15) is 0 Å². The van der Waals surface area contributed by atoms with Gasteiger partial charge in [0.1, 0.15) is 42.7 Å². The van der Waals surface area contributed by atoms with Crippen LogP contribution in [0.5, 0.6) is 0 Å². The van der Waals surface area contributed by atoms with E-state index < -0.39 is 74.6 Å². The molecule has 2 rings (SSSR count). The van der Waals surface area contributed by atoms with Gasteiger partial charge in [0.2, 0.25) is 0 Å². The van der Waals surface area contributed by atoms with Gasteiger partial charge in [0, 0.05) is 0 Å². The van der Waals surface area contributed by atoms with Crippen LogP contribution >= 0.6 is 0 Å². The lowest BCUT2D eigenvalue weighted by molar-refractivity contribution is -0.368. The molecular weight excluding hydrogens is 318 g/mol. The van der Waals surface area contributed by atoms with Gasteiger partial charge in [-0.3, -0.25) is 0 Å². The van der Waals surface area contributed by atoms with Crippen molar-refractivity contribution in [2.75, 3.05) is 13.2 Å². The Morgan fingerprint density at radius 3 is 1.70 bits per heavy atom. The second-order valence-electron chi connectivity index (χ2n) is 5.62. The number of aliphatic hydroxyl groups excluding tert-OH is 7. The molecule has 9 N–H and O–H groups in total. The van der Waals surface area contributed by atoms with Crippen molar-refractivity contribution in [2.24, 2.45) is 5.73 Å². The highest BCUT2D eigenvalue weighted by atomic mass is 16.8. The van der Waals surface area contributed by atoms with E-state index in [0.717, 1.165) is 0 Å². The molecule has 0 saturated carbocycles. The summed E-state index contributed by atoms with van der Waals surface area (Å²) >= 11 is 0. The van der Waals surface area contributed by atoms with E-state index in [0.29, 0.717) is 0 Å². The molecule has 136 valence electrons. The minimum Gasteiger partial charge on any atom is -0.394 e. The molecule has 10 atom stereocenters. The number of nitrogens with two attached hydrogens (primary N) is 1. The van der Waals surface area contributed by atoms with Crippen LogP contribution in [0.25, 0.3) is 0 Å². The summed E-state index contributed by atoms with van der Waals surface area (Å²) in [7, 11) is 0. The quantitative estimate of drug-likeness (QED) is 0.243. The van der Waals surface area contributed by atoms with Crippen molar-refractivity contribution >= 4 is 0 Å². The van der Waals surface area contributed by atoms with E-state index in [1.807, 2.05) is 0 Å². The first-order valence-electron chi connectivity index (χ1n) is 7.15. The summed E-state index contributed by atoms with van der Waals surface area (Å²) in [6.45, 7) is -1.23. The van der Waals surface area contributed by atoms with Crippen LogP contribution in [-0.4, -0.2) is 110 Å². The molecule has 2 aliphatic rings. The highest BCUT2D eigenvalue weighted by Crippen LogP contribution is 2.27. The molecule has 0 unspecified atom stereocenters. The van der Waals surface area contributed by atoms with Crippen LogP contribution in [0.15, 0.2) is 0 Å². The third kappa shape index (κ3) is 3.65. The molecular formula is C12H23NO10. The summed E-state index contributed by atoms with van der Waals surface area (Å²) < 4.78 is 15.5. The van der Waals surface area contributed by atoms with E-state index >= 15 is 0 Å². The zero-order chi connectivity index (χ0) is 17.3. The Bertz CT molecular complexity index is 349. The molecule has 0 aliphatic carbocycles. The van der Waals surface area contributed by atoms with Gasteiger partial charge in [-0.1, -0.05) is 0 Å². The fourth-order valence-corrected chi connectivity index (χ4v) is 2.54. The number of hydrogen-bond donors (Lipinski definition) is 8. The van der Waals surface area contributed by atoms with Crippen molar-refractivity contribution in [3.8, 4) is 0 Å².